The summed E-state index contributed by atoms with van der Waals surface area (Å²) in [5.41, 5.74) is 0.569. The number of nitriles is 1. The van der Waals surface area contributed by atoms with E-state index < -0.39 is 54.6 Å². The van der Waals surface area contributed by atoms with Crippen LogP contribution in [0.15, 0.2) is 59.8 Å². The lowest BCUT2D eigenvalue weighted by atomic mass is 9.83. The molecule has 3 aliphatic rings. The molecule has 1 aliphatic heterocycles. The molecular weight excluding hydrogens is 572 g/mol. The monoisotopic (exact) mass is 598 g/mol. The average molecular weight is 599 g/mol. The first-order chi connectivity index (χ1) is 20.4. The van der Waals surface area contributed by atoms with Crippen molar-refractivity contribution in [1.29, 1.82) is 5.26 Å². The molecule has 1 saturated heterocycles. The number of methoxy groups -OCH3 is 1. The third-order valence-corrected chi connectivity index (χ3v) is 8.03. The maximum Gasteiger partial charge on any atom is 0.411 e. The molecule has 43 heavy (non-hydrogen) atoms. The molecule has 13 heteroatoms. The first-order valence-corrected chi connectivity index (χ1v) is 13.4. The van der Waals surface area contributed by atoms with Crippen LogP contribution in [-0.4, -0.2) is 70.6 Å². The molecule has 1 unspecified atom stereocenters. The lowest BCUT2D eigenvalue weighted by molar-refractivity contribution is -0.187. The SMILES string of the molecule is COc1cc(C2C=CC3=C(CC[C@]34CN(CC(=O)N(Cc3ccc(F)cc3)[C@@H](C)C(F)(F)F)C(=O)O4)C2=O)cnc1C#N. The van der Waals surface area contributed by atoms with Crippen LogP contribution in [0.1, 0.15) is 42.5 Å². The Morgan fingerprint density at radius 3 is 2.67 bits per heavy atom. The lowest BCUT2D eigenvalue weighted by Gasteiger charge is -2.32. The second kappa shape index (κ2) is 11.2. The number of allylic oxidation sites excluding steroid dienone is 2. The predicted molar refractivity (Wildman–Crippen MR) is 142 cm³/mol. The number of Topliss-reactive ketones (excluding diaryl/α,β-unsaturated/α-hetero) is 1. The Morgan fingerprint density at radius 1 is 1.30 bits per heavy atom. The summed E-state index contributed by atoms with van der Waals surface area (Å²) < 4.78 is 65.3. The van der Waals surface area contributed by atoms with Gasteiger partial charge >= 0.3 is 12.3 Å². The van der Waals surface area contributed by atoms with E-state index in [4.69, 9.17) is 9.47 Å². The van der Waals surface area contributed by atoms with Crippen molar-refractivity contribution in [3.8, 4) is 11.8 Å². The van der Waals surface area contributed by atoms with Gasteiger partial charge in [-0.25, -0.2) is 14.2 Å². The highest BCUT2D eigenvalue weighted by molar-refractivity contribution is 6.05. The van der Waals surface area contributed by atoms with E-state index in [1.807, 2.05) is 6.07 Å². The molecule has 0 radical (unpaired) electrons. The second-order valence-corrected chi connectivity index (χ2v) is 10.6. The van der Waals surface area contributed by atoms with E-state index in [0.717, 1.165) is 24.0 Å². The van der Waals surface area contributed by atoms with E-state index in [0.29, 0.717) is 21.6 Å². The minimum absolute atomic E-state index is 0.0755. The van der Waals surface area contributed by atoms with Crippen LogP contribution in [0.3, 0.4) is 0 Å². The number of pyridine rings is 1. The third-order valence-electron chi connectivity index (χ3n) is 8.03. The summed E-state index contributed by atoms with van der Waals surface area (Å²) in [7, 11) is 1.39. The Bertz CT molecular complexity index is 1580. The molecule has 2 aromatic rings. The van der Waals surface area contributed by atoms with E-state index in [1.54, 1.807) is 18.2 Å². The number of alkyl halides is 3. The topological polar surface area (TPSA) is 113 Å². The number of carbonyl (C=O) groups is 3. The highest BCUT2D eigenvalue weighted by atomic mass is 19.4. The normalized spacial score (nSPS) is 22.0. The first kappa shape index (κ1) is 29.8. The van der Waals surface area contributed by atoms with Crippen LogP contribution in [-0.2, 0) is 20.9 Å². The summed E-state index contributed by atoms with van der Waals surface area (Å²) in [6.07, 6.45) is -0.347. The minimum Gasteiger partial charge on any atom is -0.494 e. The number of carbonyl (C=O) groups excluding carboxylic acids is 3. The maximum atomic E-state index is 13.7. The van der Waals surface area contributed by atoms with Crippen LogP contribution in [0.4, 0.5) is 22.4 Å². The molecule has 0 saturated carbocycles. The van der Waals surface area contributed by atoms with Crippen LogP contribution in [0.5, 0.6) is 5.75 Å². The summed E-state index contributed by atoms with van der Waals surface area (Å²) in [6.45, 7) is -0.415. The fourth-order valence-electron chi connectivity index (χ4n) is 5.66. The number of ether oxygens (including phenoxy) is 2. The van der Waals surface area contributed by atoms with Crippen molar-refractivity contribution in [1.82, 2.24) is 14.8 Å². The van der Waals surface area contributed by atoms with Crippen LogP contribution >= 0.6 is 0 Å². The summed E-state index contributed by atoms with van der Waals surface area (Å²) in [5, 5.41) is 9.20. The van der Waals surface area contributed by atoms with Gasteiger partial charge in [0.15, 0.2) is 22.8 Å². The molecule has 2 aliphatic carbocycles. The van der Waals surface area contributed by atoms with Gasteiger partial charge in [0.05, 0.1) is 19.6 Å². The fraction of sp³-hybridized carbons (Fsp3) is 0.367. The lowest BCUT2D eigenvalue weighted by Crippen LogP contribution is -2.50. The summed E-state index contributed by atoms with van der Waals surface area (Å²) in [4.78, 5) is 45.4. The van der Waals surface area contributed by atoms with Crippen molar-refractivity contribution >= 4 is 17.8 Å². The van der Waals surface area contributed by atoms with Crippen molar-refractivity contribution in [2.24, 2.45) is 0 Å². The number of hydrogen-bond donors (Lipinski definition) is 0. The van der Waals surface area contributed by atoms with E-state index in [2.05, 4.69) is 4.98 Å². The summed E-state index contributed by atoms with van der Waals surface area (Å²) >= 11 is 0. The maximum absolute atomic E-state index is 13.7. The number of halogens is 4. The number of amides is 2. The van der Waals surface area contributed by atoms with Gasteiger partial charge in [0.25, 0.3) is 0 Å². The zero-order chi connectivity index (χ0) is 31.1. The molecule has 3 atom stereocenters. The van der Waals surface area contributed by atoms with Crippen LogP contribution < -0.4 is 4.74 Å². The Labute approximate surface area is 244 Å². The highest BCUT2D eigenvalue weighted by Crippen LogP contribution is 2.47. The van der Waals surface area contributed by atoms with E-state index in [-0.39, 0.29) is 42.2 Å². The van der Waals surface area contributed by atoms with Crippen molar-refractivity contribution in [3.63, 3.8) is 0 Å². The number of aromatic nitrogens is 1. The Morgan fingerprint density at radius 2 is 2.02 bits per heavy atom. The number of hydrogen-bond acceptors (Lipinski definition) is 7. The van der Waals surface area contributed by atoms with Gasteiger partial charge in [-0.15, -0.1) is 0 Å². The van der Waals surface area contributed by atoms with E-state index in [9.17, 15) is 37.2 Å². The zero-order valence-corrected chi connectivity index (χ0v) is 23.2. The number of benzene rings is 1. The molecule has 1 aromatic carbocycles. The summed E-state index contributed by atoms with van der Waals surface area (Å²) in [6, 6.07) is 6.05. The van der Waals surface area contributed by atoms with Crippen LogP contribution in [0, 0.1) is 17.1 Å². The average Bonchev–Trinajstić information content (AvgIpc) is 3.49. The molecule has 2 amide bonds. The van der Waals surface area contributed by atoms with Gasteiger partial charge in [-0.05, 0) is 49.1 Å². The second-order valence-electron chi connectivity index (χ2n) is 10.6. The number of nitrogens with zero attached hydrogens (tertiary/aromatic N) is 4. The Kier molecular flexibility index (Phi) is 7.72. The minimum atomic E-state index is -4.74. The van der Waals surface area contributed by atoms with Gasteiger partial charge < -0.3 is 14.4 Å². The van der Waals surface area contributed by atoms with Gasteiger partial charge in [-0.1, -0.05) is 24.3 Å². The molecule has 0 N–H and O–H groups in total. The molecule has 9 nitrogen and oxygen atoms in total. The van der Waals surface area contributed by atoms with Crippen molar-refractivity contribution < 1.29 is 41.4 Å². The molecule has 1 fully saturated rings. The van der Waals surface area contributed by atoms with Gasteiger partial charge in [-0.2, -0.15) is 18.4 Å². The number of fused-ring (bicyclic) bond motifs is 1. The smallest absolute Gasteiger partial charge is 0.411 e. The fourth-order valence-corrected chi connectivity index (χ4v) is 5.66. The standard InChI is InChI=1S/C30H26F4N4O5/c1-17(30(32,33)34)38(14-18-3-5-20(31)6-4-18)26(39)15-37-16-29(43-28(37)41)10-9-22-23(29)8-7-21(27(22)40)19-11-25(42-2)24(12-35)36-13-19/h3-8,11,13,17,21H,9-10,14-16H2,1-2H3/t17-,21?,29-/m0/s1. The van der Waals surface area contributed by atoms with Crippen molar-refractivity contribution in [2.45, 2.75) is 50.0 Å². The largest absolute Gasteiger partial charge is 0.494 e. The first-order valence-electron chi connectivity index (χ1n) is 13.4. The van der Waals surface area contributed by atoms with E-state index >= 15 is 0 Å². The van der Waals surface area contributed by atoms with Crippen molar-refractivity contribution in [2.75, 3.05) is 20.2 Å². The quantitative estimate of drug-likeness (QED) is 0.429. The molecule has 224 valence electrons. The molecule has 5 rings (SSSR count). The molecule has 1 spiro atoms. The summed E-state index contributed by atoms with van der Waals surface area (Å²) in [5.74, 6) is -2.26. The van der Waals surface area contributed by atoms with Gasteiger partial charge in [0.1, 0.15) is 24.5 Å². The van der Waals surface area contributed by atoms with Crippen molar-refractivity contribution in [3.05, 3.63) is 82.5 Å². The predicted octanol–water partition coefficient (Wildman–Crippen LogP) is 4.58. The number of ketones is 1. The molecule has 1 aromatic heterocycles. The van der Waals surface area contributed by atoms with Crippen LogP contribution in [0.25, 0.3) is 0 Å². The molecule has 2 heterocycles. The van der Waals surface area contributed by atoms with Crippen LogP contribution in [0.2, 0.25) is 0 Å². The zero-order valence-electron chi connectivity index (χ0n) is 23.2. The Balaban J connectivity index is 1.34. The third kappa shape index (κ3) is 5.57. The van der Waals surface area contributed by atoms with Gasteiger partial charge in [0, 0.05) is 23.9 Å². The van der Waals surface area contributed by atoms with E-state index in [1.165, 1.54) is 25.4 Å². The van der Waals surface area contributed by atoms with Gasteiger partial charge in [0.2, 0.25) is 5.91 Å². The van der Waals surface area contributed by atoms with Gasteiger partial charge in [-0.3, -0.25) is 14.5 Å². The number of rotatable bonds is 7. The Hall–Kier alpha value is -4.73. The molecule has 0 bridgehead atoms. The molecular formula is C30H26F4N4O5. The highest BCUT2D eigenvalue weighted by Gasteiger charge is 2.54.